The van der Waals surface area contributed by atoms with Crippen LogP contribution in [0.25, 0.3) is 0 Å². The molecule has 0 aromatic carbocycles. The number of aliphatic hydroxyl groups is 1. The average molecular weight is 468 g/mol. The van der Waals surface area contributed by atoms with Gasteiger partial charge in [-0.05, 0) is 38.5 Å². The van der Waals surface area contributed by atoms with Crippen LogP contribution in [-0.4, -0.2) is 69.0 Å². The number of fused-ring (bicyclic) bond motifs is 1. The Labute approximate surface area is 196 Å². The lowest BCUT2D eigenvalue weighted by atomic mass is 9.66. The van der Waals surface area contributed by atoms with E-state index in [1.807, 2.05) is 20.8 Å². The van der Waals surface area contributed by atoms with Gasteiger partial charge in [0, 0.05) is 17.8 Å². The monoisotopic (exact) mass is 467 g/mol. The van der Waals surface area contributed by atoms with Gasteiger partial charge in [-0.2, -0.15) is 0 Å². The summed E-state index contributed by atoms with van der Waals surface area (Å²) in [6, 6.07) is -1.10. The van der Waals surface area contributed by atoms with Crippen molar-refractivity contribution >= 4 is 29.5 Å². The van der Waals surface area contributed by atoms with Crippen LogP contribution in [0.1, 0.15) is 73.1 Å². The minimum absolute atomic E-state index is 0.000257. The second-order valence-electron chi connectivity index (χ2n) is 10.3. The molecule has 6 atom stereocenters. The normalized spacial score (nSPS) is 34.2. The van der Waals surface area contributed by atoms with Gasteiger partial charge >= 0.3 is 0 Å². The zero-order valence-electron chi connectivity index (χ0n) is 20.3. The predicted molar refractivity (Wildman–Crippen MR) is 127 cm³/mol. The molecule has 32 heavy (non-hydrogen) atoms. The highest BCUT2D eigenvalue weighted by atomic mass is 32.2. The molecule has 0 saturated carbocycles. The minimum atomic E-state index is -0.656. The molecule has 1 spiro atoms. The van der Waals surface area contributed by atoms with Crippen molar-refractivity contribution in [2.75, 3.05) is 19.7 Å². The van der Waals surface area contributed by atoms with E-state index in [0.29, 0.717) is 13.1 Å². The summed E-state index contributed by atoms with van der Waals surface area (Å²) in [5, 5.41) is 16.3. The van der Waals surface area contributed by atoms with Crippen LogP contribution in [0.2, 0.25) is 0 Å². The van der Waals surface area contributed by atoms with E-state index in [1.54, 1.807) is 16.7 Å². The van der Waals surface area contributed by atoms with E-state index in [2.05, 4.69) is 24.5 Å². The number of amides is 3. The first-order chi connectivity index (χ1) is 15.2. The predicted octanol–water partition coefficient (Wildman–Crippen LogP) is 2.32. The molecule has 0 aliphatic carbocycles. The largest absolute Gasteiger partial charge is 0.394 e. The van der Waals surface area contributed by atoms with E-state index in [9.17, 15) is 19.5 Å². The van der Waals surface area contributed by atoms with Crippen LogP contribution >= 0.6 is 11.8 Å². The summed E-state index contributed by atoms with van der Waals surface area (Å²) in [5.74, 6) is -1.33. The number of carbonyl (C=O) groups excluding carboxylic acids is 3. The quantitative estimate of drug-likeness (QED) is 0.405. The third-order valence-corrected chi connectivity index (χ3v) is 9.67. The number of likely N-dealkylation sites (tertiary alicyclic amines) is 1. The standard InChI is InChI=1S/C24H41N3O4S/c1-6-8-9-13-26-21(30)19-24-11-10-23(5,32-24)17(20(29)25-12-7-2)18(24)22(31)27(19)16(14-28)15(3)4/h15-19,28H,6-14H2,1-5H3,(H,25,29)(H,26,30)/t16-,17-,18-,19?,23+,24?/m0/s1. The molecule has 3 amide bonds. The van der Waals surface area contributed by atoms with Gasteiger partial charge in [0.15, 0.2) is 0 Å². The summed E-state index contributed by atoms with van der Waals surface area (Å²) < 4.78 is -0.964. The SMILES string of the molecule is CCCCCNC(=O)C1N([C@@H](CO)C(C)C)C(=O)[C@@H]2[C@@H](C(=O)NCCC)[C@@]3(C)CCC12S3. The van der Waals surface area contributed by atoms with E-state index < -0.39 is 28.7 Å². The van der Waals surface area contributed by atoms with Crippen molar-refractivity contribution in [3.63, 3.8) is 0 Å². The highest BCUT2D eigenvalue weighted by molar-refractivity contribution is 8.02. The molecule has 3 fully saturated rings. The van der Waals surface area contributed by atoms with Gasteiger partial charge in [-0.25, -0.2) is 0 Å². The number of rotatable bonds is 11. The van der Waals surface area contributed by atoms with Crippen molar-refractivity contribution in [2.24, 2.45) is 17.8 Å². The summed E-state index contributed by atoms with van der Waals surface area (Å²) >= 11 is 1.68. The topological polar surface area (TPSA) is 98.7 Å². The first-order valence-electron chi connectivity index (χ1n) is 12.4. The average Bonchev–Trinajstić information content (AvgIpc) is 3.31. The number of nitrogens with zero attached hydrogens (tertiary/aromatic N) is 1. The van der Waals surface area contributed by atoms with Gasteiger partial charge in [0.1, 0.15) is 6.04 Å². The van der Waals surface area contributed by atoms with Crippen molar-refractivity contribution in [2.45, 2.75) is 94.7 Å². The third kappa shape index (κ3) is 4.06. The summed E-state index contributed by atoms with van der Waals surface area (Å²) in [6.45, 7) is 11.1. The van der Waals surface area contributed by atoms with Gasteiger partial charge in [-0.1, -0.05) is 40.5 Å². The lowest BCUT2D eigenvalue weighted by Crippen LogP contribution is -2.57. The van der Waals surface area contributed by atoms with Gasteiger partial charge in [-0.15, -0.1) is 11.8 Å². The Balaban J connectivity index is 1.99. The second kappa shape index (κ2) is 9.92. The van der Waals surface area contributed by atoms with Crippen LogP contribution in [0.3, 0.4) is 0 Å². The Morgan fingerprint density at radius 1 is 1.12 bits per heavy atom. The smallest absolute Gasteiger partial charge is 0.244 e. The zero-order valence-corrected chi connectivity index (χ0v) is 21.1. The Morgan fingerprint density at radius 3 is 2.41 bits per heavy atom. The highest BCUT2D eigenvalue weighted by Crippen LogP contribution is 2.71. The van der Waals surface area contributed by atoms with E-state index >= 15 is 0 Å². The summed E-state index contributed by atoms with van der Waals surface area (Å²) in [5.41, 5.74) is 0. The van der Waals surface area contributed by atoms with E-state index in [1.165, 1.54) is 0 Å². The molecule has 182 valence electrons. The zero-order chi connectivity index (χ0) is 23.7. The molecule has 0 radical (unpaired) electrons. The van der Waals surface area contributed by atoms with E-state index in [0.717, 1.165) is 38.5 Å². The molecule has 3 heterocycles. The van der Waals surface area contributed by atoms with E-state index in [-0.39, 0.29) is 35.0 Å². The van der Waals surface area contributed by atoms with E-state index in [4.69, 9.17) is 0 Å². The molecule has 2 unspecified atom stereocenters. The second-order valence-corrected chi connectivity index (χ2v) is 12.2. The van der Waals surface area contributed by atoms with Crippen LogP contribution in [0.5, 0.6) is 0 Å². The van der Waals surface area contributed by atoms with Gasteiger partial charge in [0.25, 0.3) is 0 Å². The maximum Gasteiger partial charge on any atom is 0.244 e. The molecule has 0 aromatic rings. The maximum atomic E-state index is 13.9. The number of hydrogen-bond donors (Lipinski definition) is 3. The molecule has 7 nitrogen and oxygen atoms in total. The fourth-order valence-corrected chi connectivity index (χ4v) is 8.43. The molecule has 3 saturated heterocycles. The third-order valence-electron chi connectivity index (χ3n) is 7.69. The molecule has 3 aliphatic heterocycles. The lowest BCUT2D eigenvalue weighted by Gasteiger charge is -2.38. The van der Waals surface area contributed by atoms with Crippen LogP contribution < -0.4 is 10.6 Å². The Bertz CT molecular complexity index is 732. The fourth-order valence-electron chi connectivity index (χ4n) is 6.08. The van der Waals surface area contributed by atoms with Crippen molar-refractivity contribution in [1.29, 1.82) is 0 Å². The minimum Gasteiger partial charge on any atom is -0.394 e. The number of aliphatic hydroxyl groups excluding tert-OH is 1. The molecule has 2 bridgehead atoms. The number of nitrogens with one attached hydrogen (secondary N) is 2. The molecule has 0 aromatic heterocycles. The number of carbonyl (C=O) groups is 3. The number of unbranched alkanes of at least 4 members (excludes halogenated alkanes) is 2. The molecule has 3 aliphatic rings. The molecule has 8 heteroatoms. The van der Waals surface area contributed by atoms with Crippen molar-refractivity contribution in [3.05, 3.63) is 0 Å². The summed E-state index contributed by atoms with van der Waals surface area (Å²) in [7, 11) is 0. The van der Waals surface area contributed by atoms with Crippen LogP contribution in [-0.2, 0) is 14.4 Å². The number of thioether (sulfide) groups is 1. The maximum absolute atomic E-state index is 13.9. The molecular weight excluding hydrogens is 426 g/mol. The first-order valence-corrected chi connectivity index (χ1v) is 13.2. The number of hydrogen-bond acceptors (Lipinski definition) is 5. The summed E-state index contributed by atoms with van der Waals surface area (Å²) in [6.07, 6.45) is 5.39. The first kappa shape index (κ1) is 25.3. The fraction of sp³-hybridized carbons (Fsp3) is 0.875. The van der Waals surface area contributed by atoms with Crippen LogP contribution in [0, 0.1) is 17.8 Å². The molecular formula is C24H41N3O4S. The lowest BCUT2D eigenvalue weighted by molar-refractivity contribution is -0.144. The Hall–Kier alpha value is -1.28. The van der Waals surface area contributed by atoms with Crippen LogP contribution in [0.4, 0.5) is 0 Å². The molecule has 3 N–H and O–H groups in total. The Morgan fingerprint density at radius 2 is 1.81 bits per heavy atom. The van der Waals surface area contributed by atoms with Crippen LogP contribution in [0.15, 0.2) is 0 Å². The molecule has 3 rings (SSSR count). The van der Waals surface area contributed by atoms with Crippen molar-refractivity contribution in [1.82, 2.24) is 15.5 Å². The Kier molecular flexibility index (Phi) is 7.85. The highest BCUT2D eigenvalue weighted by Gasteiger charge is 2.77. The van der Waals surface area contributed by atoms with Crippen molar-refractivity contribution in [3.8, 4) is 0 Å². The van der Waals surface area contributed by atoms with Gasteiger partial charge in [0.05, 0.1) is 29.2 Å². The van der Waals surface area contributed by atoms with Gasteiger partial charge in [-0.3, -0.25) is 14.4 Å². The summed E-state index contributed by atoms with van der Waals surface area (Å²) in [4.78, 5) is 42.4. The van der Waals surface area contributed by atoms with Crippen molar-refractivity contribution < 1.29 is 19.5 Å². The van der Waals surface area contributed by atoms with Gasteiger partial charge < -0.3 is 20.6 Å². The van der Waals surface area contributed by atoms with Gasteiger partial charge in [0.2, 0.25) is 17.7 Å².